The lowest BCUT2D eigenvalue weighted by molar-refractivity contribution is 0.396. The molecule has 1 heterocycles. The van der Waals surface area contributed by atoms with Crippen molar-refractivity contribution in [3.05, 3.63) is 29.3 Å². The molecule has 1 aromatic carbocycles. The van der Waals surface area contributed by atoms with Gasteiger partial charge in [0.2, 0.25) is 0 Å². The van der Waals surface area contributed by atoms with Crippen LogP contribution in [0, 0.1) is 0 Å². The van der Waals surface area contributed by atoms with Crippen LogP contribution in [0.3, 0.4) is 0 Å². The molecule has 0 amide bonds. The van der Waals surface area contributed by atoms with Gasteiger partial charge in [0.1, 0.15) is 17.0 Å². The summed E-state index contributed by atoms with van der Waals surface area (Å²) in [6, 6.07) is 5.47. The lowest BCUT2D eigenvalue weighted by Gasteiger charge is -2.16. The largest absolute Gasteiger partial charge is 0.497 e. The third-order valence-electron chi connectivity index (χ3n) is 2.56. The van der Waals surface area contributed by atoms with Crippen LogP contribution in [0.2, 0.25) is 0 Å². The van der Waals surface area contributed by atoms with Gasteiger partial charge in [-0.15, -0.1) is 10.2 Å². The van der Waals surface area contributed by atoms with E-state index in [1.807, 2.05) is 18.2 Å². The highest BCUT2D eigenvalue weighted by Crippen LogP contribution is 2.31. The van der Waals surface area contributed by atoms with Crippen LogP contribution in [-0.4, -0.2) is 30.2 Å². The predicted octanol–water partition coefficient (Wildman–Crippen LogP) is 2.35. The maximum Gasteiger partial charge on any atom is 0.174 e. The van der Waals surface area contributed by atoms with Gasteiger partial charge in [0.05, 0.1) is 14.2 Å². The summed E-state index contributed by atoms with van der Waals surface area (Å²) in [5, 5.41) is 7.77. The van der Waals surface area contributed by atoms with Gasteiger partial charge < -0.3 is 15.2 Å². The van der Waals surface area contributed by atoms with Gasteiger partial charge in [0.25, 0.3) is 0 Å². The molecule has 0 aliphatic carbocycles. The molecule has 1 unspecified atom stereocenters. The van der Waals surface area contributed by atoms with Crippen LogP contribution in [0.15, 0.2) is 28.0 Å². The van der Waals surface area contributed by atoms with Gasteiger partial charge >= 0.3 is 0 Å². The summed E-state index contributed by atoms with van der Waals surface area (Å²) in [7, 11) is 3.27. The number of rotatable bonds is 6. The van der Waals surface area contributed by atoms with Crippen molar-refractivity contribution in [2.75, 3.05) is 20.0 Å². The summed E-state index contributed by atoms with van der Waals surface area (Å²) in [5.41, 5.74) is 8.85. The van der Waals surface area contributed by atoms with E-state index >= 15 is 0 Å². The molecule has 1 aromatic heterocycles. The van der Waals surface area contributed by atoms with E-state index in [9.17, 15) is 0 Å². The fourth-order valence-electron chi connectivity index (χ4n) is 1.61. The SMILES string of the molecule is COc1ccc(OC)c(C(N)CSc2nncs2)c1. The number of methoxy groups -OCH3 is 2. The van der Waals surface area contributed by atoms with Crippen LogP contribution in [0.1, 0.15) is 11.6 Å². The van der Waals surface area contributed by atoms with Crippen LogP contribution in [0.5, 0.6) is 11.5 Å². The second kappa shape index (κ2) is 6.74. The summed E-state index contributed by atoms with van der Waals surface area (Å²) >= 11 is 3.09. The Hall–Kier alpha value is -1.31. The van der Waals surface area contributed by atoms with Crippen molar-refractivity contribution in [1.29, 1.82) is 0 Å². The van der Waals surface area contributed by atoms with Crippen LogP contribution in [0.25, 0.3) is 0 Å². The Kier molecular flexibility index (Phi) is 5.00. The molecule has 2 aromatic rings. The summed E-state index contributed by atoms with van der Waals surface area (Å²) < 4.78 is 11.5. The average Bonchev–Trinajstić information content (AvgIpc) is 2.97. The number of nitrogens with two attached hydrogens (primary N) is 1. The minimum atomic E-state index is -0.154. The standard InChI is InChI=1S/C12H15N3O2S2/c1-16-8-3-4-11(17-2)9(5-8)10(13)6-18-12-15-14-7-19-12/h3-5,7,10H,6,13H2,1-2H3. The zero-order valence-corrected chi connectivity index (χ0v) is 12.3. The molecule has 19 heavy (non-hydrogen) atoms. The molecular weight excluding hydrogens is 282 g/mol. The first-order valence-corrected chi connectivity index (χ1v) is 7.47. The van der Waals surface area contributed by atoms with Crippen molar-refractivity contribution in [3.63, 3.8) is 0 Å². The fraction of sp³-hybridized carbons (Fsp3) is 0.333. The quantitative estimate of drug-likeness (QED) is 0.825. The molecule has 7 heteroatoms. The molecule has 102 valence electrons. The van der Waals surface area contributed by atoms with Gasteiger partial charge in [-0.3, -0.25) is 0 Å². The molecule has 0 radical (unpaired) electrons. The van der Waals surface area contributed by atoms with E-state index in [0.29, 0.717) is 5.75 Å². The third-order valence-corrected chi connectivity index (χ3v) is 4.54. The van der Waals surface area contributed by atoms with E-state index in [4.69, 9.17) is 15.2 Å². The van der Waals surface area contributed by atoms with E-state index in [0.717, 1.165) is 21.4 Å². The zero-order chi connectivity index (χ0) is 13.7. The maximum atomic E-state index is 6.21. The second-order valence-electron chi connectivity index (χ2n) is 3.73. The fourth-order valence-corrected chi connectivity index (χ4v) is 3.10. The summed E-state index contributed by atoms with van der Waals surface area (Å²) in [5.74, 6) is 2.25. The van der Waals surface area contributed by atoms with Gasteiger partial charge in [0, 0.05) is 17.4 Å². The lowest BCUT2D eigenvalue weighted by atomic mass is 10.1. The van der Waals surface area contributed by atoms with Gasteiger partial charge in [0.15, 0.2) is 4.34 Å². The second-order valence-corrected chi connectivity index (χ2v) is 5.83. The average molecular weight is 297 g/mol. The monoisotopic (exact) mass is 297 g/mol. The van der Waals surface area contributed by atoms with Crippen molar-refractivity contribution in [3.8, 4) is 11.5 Å². The highest BCUT2D eigenvalue weighted by Gasteiger charge is 2.14. The molecule has 0 fully saturated rings. The Bertz CT molecular complexity index is 520. The molecule has 0 aliphatic rings. The third kappa shape index (κ3) is 3.59. The van der Waals surface area contributed by atoms with Crippen molar-refractivity contribution < 1.29 is 9.47 Å². The van der Waals surface area contributed by atoms with E-state index in [2.05, 4.69) is 10.2 Å². The number of benzene rings is 1. The Morgan fingerprint density at radius 1 is 1.37 bits per heavy atom. The molecule has 2 N–H and O–H groups in total. The minimum Gasteiger partial charge on any atom is -0.497 e. The van der Waals surface area contributed by atoms with Crippen molar-refractivity contribution in [2.45, 2.75) is 10.4 Å². The van der Waals surface area contributed by atoms with Crippen molar-refractivity contribution >= 4 is 23.1 Å². The number of nitrogens with zero attached hydrogens (tertiary/aromatic N) is 2. The Morgan fingerprint density at radius 2 is 2.21 bits per heavy atom. The summed E-state index contributed by atoms with van der Waals surface area (Å²) in [4.78, 5) is 0. The number of ether oxygens (including phenoxy) is 2. The van der Waals surface area contributed by atoms with Crippen LogP contribution >= 0.6 is 23.1 Å². The molecular formula is C12H15N3O2S2. The van der Waals surface area contributed by atoms with Crippen LogP contribution in [-0.2, 0) is 0 Å². The topological polar surface area (TPSA) is 70.3 Å². The minimum absolute atomic E-state index is 0.154. The van der Waals surface area contributed by atoms with E-state index in [1.165, 1.54) is 11.3 Å². The lowest BCUT2D eigenvalue weighted by Crippen LogP contribution is -2.14. The summed E-state index contributed by atoms with van der Waals surface area (Å²) in [6.07, 6.45) is 0. The first kappa shape index (κ1) is 14.1. The zero-order valence-electron chi connectivity index (χ0n) is 10.7. The molecule has 1 atom stereocenters. The van der Waals surface area contributed by atoms with Gasteiger partial charge in [-0.2, -0.15) is 0 Å². The Morgan fingerprint density at radius 3 is 2.84 bits per heavy atom. The highest BCUT2D eigenvalue weighted by molar-refractivity contribution is 8.01. The van der Waals surface area contributed by atoms with Gasteiger partial charge in [-0.1, -0.05) is 23.1 Å². The molecule has 0 spiro atoms. The van der Waals surface area contributed by atoms with E-state index in [1.54, 1.807) is 31.5 Å². The van der Waals surface area contributed by atoms with Gasteiger partial charge in [-0.05, 0) is 18.2 Å². The number of hydrogen-bond donors (Lipinski definition) is 1. The van der Waals surface area contributed by atoms with E-state index < -0.39 is 0 Å². The van der Waals surface area contributed by atoms with E-state index in [-0.39, 0.29) is 6.04 Å². The number of aromatic nitrogens is 2. The molecule has 5 nitrogen and oxygen atoms in total. The first-order chi connectivity index (χ1) is 9.24. The molecule has 0 aliphatic heterocycles. The molecule has 0 saturated heterocycles. The Balaban J connectivity index is 2.10. The molecule has 2 rings (SSSR count). The smallest absolute Gasteiger partial charge is 0.174 e. The van der Waals surface area contributed by atoms with Crippen molar-refractivity contribution in [1.82, 2.24) is 10.2 Å². The highest BCUT2D eigenvalue weighted by atomic mass is 32.2. The molecule has 0 bridgehead atoms. The first-order valence-electron chi connectivity index (χ1n) is 5.61. The van der Waals surface area contributed by atoms with Gasteiger partial charge in [-0.25, -0.2) is 0 Å². The predicted molar refractivity (Wildman–Crippen MR) is 77.1 cm³/mol. The number of thioether (sulfide) groups is 1. The van der Waals surface area contributed by atoms with Crippen LogP contribution < -0.4 is 15.2 Å². The Labute approximate surface area is 120 Å². The maximum absolute atomic E-state index is 6.21. The van der Waals surface area contributed by atoms with Crippen molar-refractivity contribution in [2.24, 2.45) is 5.73 Å². The summed E-state index contributed by atoms with van der Waals surface area (Å²) in [6.45, 7) is 0. The normalized spacial score (nSPS) is 12.2. The molecule has 0 saturated carbocycles. The van der Waals surface area contributed by atoms with Crippen LogP contribution in [0.4, 0.5) is 0 Å². The number of hydrogen-bond acceptors (Lipinski definition) is 7.